The first kappa shape index (κ1) is 22.2. The van der Waals surface area contributed by atoms with E-state index in [2.05, 4.69) is 15.2 Å². The maximum atomic E-state index is 13.7. The van der Waals surface area contributed by atoms with Crippen LogP contribution in [0.15, 0.2) is 35.4 Å². The lowest BCUT2D eigenvalue weighted by Crippen LogP contribution is -2.30. The second-order valence-corrected chi connectivity index (χ2v) is 7.99. The molecule has 32 heavy (non-hydrogen) atoms. The zero-order valence-corrected chi connectivity index (χ0v) is 17.5. The van der Waals surface area contributed by atoms with Crippen molar-refractivity contribution in [1.29, 1.82) is 0 Å². The molecule has 0 aliphatic heterocycles. The molecule has 3 aromatic heterocycles. The van der Waals surface area contributed by atoms with E-state index in [9.17, 15) is 22.4 Å². The number of nitrogens with zero attached hydrogens (tertiary/aromatic N) is 5. The fraction of sp³-hybridized carbons (Fsp3) is 0.455. The van der Waals surface area contributed by atoms with Crippen molar-refractivity contribution in [3.8, 4) is 11.3 Å². The Balaban J connectivity index is 1.86. The summed E-state index contributed by atoms with van der Waals surface area (Å²) >= 11 is 0. The van der Waals surface area contributed by atoms with Gasteiger partial charge < -0.3 is 0 Å². The van der Waals surface area contributed by atoms with E-state index in [1.165, 1.54) is 31.6 Å². The van der Waals surface area contributed by atoms with E-state index in [0.29, 0.717) is 5.56 Å². The smallest absolute Gasteiger partial charge is 0.267 e. The zero-order chi connectivity index (χ0) is 22.8. The fourth-order valence-corrected chi connectivity index (χ4v) is 4.33. The van der Waals surface area contributed by atoms with Crippen molar-refractivity contribution in [1.82, 2.24) is 24.5 Å². The number of hydrogen-bond acceptors (Lipinski definition) is 4. The number of hydrogen-bond donors (Lipinski definition) is 0. The van der Waals surface area contributed by atoms with Crippen LogP contribution < -0.4 is 5.56 Å². The molecule has 0 atom stereocenters. The van der Waals surface area contributed by atoms with Crippen LogP contribution in [0.2, 0.25) is 0 Å². The Bertz CT molecular complexity index is 1150. The van der Waals surface area contributed by atoms with Gasteiger partial charge in [-0.15, -0.1) is 0 Å². The van der Waals surface area contributed by atoms with Crippen molar-refractivity contribution in [2.75, 3.05) is 0 Å². The third-order valence-corrected chi connectivity index (χ3v) is 5.97. The molecule has 3 heterocycles. The minimum absolute atomic E-state index is 0.0177. The Morgan fingerprint density at radius 1 is 1.12 bits per heavy atom. The molecule has 0 radical (unpaired) electrons. The van der Waals surface area contributed by atoms with E-state index in [1.807, 2.05) is 0 Å². The van der Waals surface area contributed by atoms with Crippen molar-refractivity contribution in [3.63, 3.8) is 0 Å². The van der Waals surface area contributed by atoms with Crippen LogP contribution in [0.1, 0.15) is 73.4 Å². The van der Waals surface area contributed by atoms with Gasteiger partial charge in [0.1, 0.15) is 5.69 Å². The monoisotopic (exact) mass is 449 g/mol. The van der Waals surface area contributed by atoms with E-state index in [1.54, 1.807) is 6.07 Å². The molecule has 170 valence electrons. The van der Waals surface area contributed by atoms with Crippen molar-refractivity contribution in [2.24, 2.45) is 7.05 Å². The molecular weight excluding hydrogens is 426 g/mol. The molecule has 1 saturated carbocycles. The summed E-state index contributed by atoms with van der Waals surface area (Å²) in [5, 5.41) is 8.21. The van der Waals surface area contributed by atoms with E-state index < -0.39 is 18.4 Å². The summed E-state index contributed by atoms with van der Waals surface area (Å²) in [6.45, 7) is -0.281. The summed E-state index contributed by atoms with van der Waals surface area (Å²) < 4.78 is 56.4. The van der Waals surface area contributed by atoms with Gasteiger partial charge in [0.05, 0.1) is 24.1 Å². The minimum atomic E-state index is -2.79. The summed E-state index contributed by atoms with van der Waals surface area (Å²) in [6, 6.07) is 4.21. The summed E-state index contributed by atoms with van der Waals surface area (Å²) in [5.41, 5.74) is -0.248. The average Bonchev–Trinajstić information content (AvgIpc) is 3.17. The van der Waals surface area contributed by atoms with Crippen molar-refractivity contribution < 1.29 is 17.6 Å². The van der Waals surface area contributed by atoms with Gasteiger partial charge in [-0.25, -0.2) is 22.2 Å². The fourth-order valence-electron chi connectivity index (χ4n) is 4.33. The molecule has 10 heteroatoms. The topological polar surface area (TPSA) is 65.6 Å². The quantitative estimate of drug-likeness (QED) is 0.496. The number of halogens is 4. The maximum absolute atomic E-state index is 13.7. The molecule has 0 amide bonds. The first-order chi connectivity index (χ1) is 15.4. The molecule has 6 nitrogen and oxygen atoms in total. The highest BCUT2D eigenvalue weighted by Crippen LogP contribution is 2.34. The Kier molecular flexibility index (Phi) is 6.38. The second kappa shape index (κ2) is 9.22. The normalized spacial score (nSPS) is 15.1. The Morgan fingerprint density at radius 2 is 1.88 bits per heavy atom. The van der Waals surface area contributed by atoms with Crippen LogP contribution in [0.25, 0.3) is 11.3 Å². The van der Waals surface area contributed by atoms with Gasteiger partial charge in [-0.3, -0.25) is 14.5 Å². The van der Waals surface area contributed by atoms with Crippen molar-refractivity contribution in [3.05, 3.63) is 63.5 Å². The third-order valence-electron chi connectivity index (χ3n) is 5.97. The van der Waals surface area contributed by atoms with Crippen LogP contribution >= 0.6 is 0 Å². The lowest BCUT2D eigenvalue weighted by molar-refractivity contribution is 0.141. The molecule has 0 aromatic carbocycles. The molecule has 1 aliphatic rings. The molecule has 0 N–H and O–H groups in total. The highest BCUT2D eigenvalue weighted by molar-refractivity contribution is 5.62. The van der Waals surface area contributed by atoms with E-state index in [0.717, 1.165) is 41.5 Å². The molecule has 0 spiro atoms. The van der Waals surface area contributed by atoms with Crippen LogP contribution in [0, 0.1) is 0 Å². The van der Waals surface area contributed by atoms with Gasteiger partial charge in [-0.1, -0.05) is 19.3 Å². The van der Waals surface area contributed by atoms with Crippen LogP contribution in [0.4, 0.5) is 17.6 Å². The van der Waals surface area contributed by atoms with Gasteiger partial charge in [-0.2, -0.15) is 10.2 Å². The highest BCUT2D eigenvalue weighted by atomic mass is 19.3. The molecule has 1 fully saturated rings. The number of alkyl halides is 4. The summed E-state index contributed by atoms with van der Waals surface area (Å²) in [6.07, 6.45) is 1.71. The van der Waals surface area contributed by atoms with Gasteiger partial charge in [0.15, 0.2) is 0 Å². The summed E-state index contributed by atoms with van der Waals surface area (Å²) in [4.78, 5) is 17.3. The van der Waals surface area contributed by atoms with Crippen LogP contribution in [0.3, 0.4) is 0 Å². The van der Waals surface area contributed by atoms with Crippen molar-refractivity contribution >= 4 is 0 Å². The highest BCUT2D eigenvalue weighted by Gasteiger charge is 2.26. The Morgan fingerprint density at radius 3 is 2.56 bits per heavy atom. The molecule has 1 aliphatic carbocycles. The van der Waals surface area contributed by atoms with Gasteiger partial charge in [0.25, 0.3) is 18.4 Å². The molecule has 0 unspecified atom stereocenters. The molecular formula is C22H23F4N5O. The lowest BCUT2D eigenvalue weighted by Gasteiger charge is -2.22. The molecule has 0 saturated heterocycles. The van der Waals surface area contributed by atoms with Gasteiger partial charge in [0.2, 0.25) is 0 Å². The van der Waals surface area contributed by atoms with E-state index >= 15 is 0 Å². The largest absolute Gasteiger partial charge is 0.280 e. The average molecular weight is 449 g/mol. The third kappa shape index (κ3) is 4.31. The molecule has 3 aromatic rings. The molecule has 4 rings (SSSR count). The number of aryl methyl sites for hydroxylation is 1. The predicted octanol–water partition coefficient (Wildman–Crippen LogP) is 5.01. The summed E-state index contributed by atoms with van der Waals surface area (Å²) in [5.74, 6) is -0.0331. The second-order valence-electron chi connectivity index (χ2n) is 7.99. The summed E-state index contributed by atoms with van der Waals surface area (Å²) in [7, 11) is 1.41. The van der Waals surface area contributed by atoms with Crippen molar-refractivity contribution in [2.45, 2.75) is 57.4 Å². The minimum Gasteiger partial charge on any atom is -0.267 e. The van der Waals surface area contributed by atoms with Gasteiger partial charge in [0, 0.05) is 29.9 Å². The van der Waals surface area contributed by atoms with Gasteiger partial charge in [-0.05, 0) is 37.0 Å². The Labute approximate surface area is 181 Å². The first-order valence-electron chi connectivity index (χ1n) is 10.5. The SMILES string of the molecule is Cn1ncc(-c2cc(C3CCCCC3)c(=O)n(Cc3ncccc3C(F)F)n2)c1C(F)F. The zero-order valence-electron chi connectivity index (χ0n) is 17.5. The predicted molar refractivity (Wildman–Crippen MR) is 110 cm³/mol. The first-order valence-corrected chi connectivity index (χ1v) is 10.5. The van der Waals surface area contributed by atoms with E-state index in [-0.39, 0.29) is 40.7 Å². The maximum Gasteiger partial charge on any atom is 0.280 e. The number of pyridine rings is 1. The van der Waals surface area contributed by atoms with Crippen LogP contribution in [0.5, 0.6) is 0 Å². The lowest BCUT2D eigenvalue weighted by atomic mass is 9.84. The van der Waals surface area contributed by atoms with E-state index in [4.69, 9.17) is 0 Å². The number of aromatic nitrogens is 5. The standard InChI is InChI=1S/C22H23F4N5O/c1-30-19(21(25)26)16(11-28-30)17-10-15(13-6-3-2-4-7-13)22(32)31(29-17)12-18-14(20(23)24)8-5-9-27-18/h5,8-11,13,20-21H,2-4,6-7,12H2,1H3. The molecule has 0 bridgehead atoms. The number of rotatable bonds is 6. The van der Waals surface area contributed by atoms with Gasteiger partial charge >= 0.3 is 0 Å². The van der Waals surface area contributed by atoms with Crippen LogP contribution in [-0.2, 0) is 13.6 Å². The Hall–Kier alpha value is -3.04. The van der Waals surface area contributed by atoms with Crippen LogP contribution in [-0.4, -0.2) is 24.5 Å².